The van der Waals surface area contributed by atoms with Crippen LogP contribution in [0, 0.1) is 5.92 Å². The number of carbonyl (C=O) groups excluding carboxylic acids is 1. The fourth-order valence-corrected chi connectivity index (χ4v) is 3.68. The van der Waals surface area contributed by atoms with Gasteiger partial charge in [0.1, 0.15) is 0 Å². The summed E-state index contributed by atoms with van der Waals surface area (Å²) in [7, 11) is 0. The van der Waals surface area contributed by atoms with Gasteiger partial charge in [-0.15, -0.1) is 0 Å². The van der Waals surface area contributed by atoms with E-state index in [4.69, 9.17) is 0 Å². The van der Waals surface area contributed by atoms with Crippen molar-refractivity contribution in [3.05, 3.63) is 59.7 Å². The van der Waals surface area contributed by atoms with E-state index in [0.29, 0.717) is 0 Å². The molecule has 0 aromatic heterocycles. The van der Waals surface area contributed by atoms with Crippen molar-refractivity contribution in [3.63, 3.8) is 0 Å². The van der Waals surface area contributed by atoms with E-state index in [1.807, 2.05) is 17.0 Å². The third-order valence-electron chi connectivity index (χ3n) is 4.86. The molecule has 2 aromatic carbocycles. The smallest absolute Gasteiger partial charge is 0.235 e. The molecule has 0 fully saturated rings. The minimum Gasteiger partial charge on any atom is -0.280 e. The Kier molecular flexibility index (Phi) is 4.49. The van der Waals surface area contributed by atoms with Crippen molar-refractivity contribution < 1.29 is 4.79 Å². The summed E-state index contributed by atoms with van der Waals surface area (Å²) in [5.41, 5.74) is 4.56. The lowest BCUT2D eigenvalue weighted by molar-refractivity contribution is -0.122. The summed E-state index contributed by atoms with van der Waals surface area (Å²) in [6.07, 6.45) is 2.84. The van der Waals surface area contributed by atoms with E-state index in [0.717, 1.165) is 30.6 Å². The highest BCUT2D eigenvalue weighted by molar-refractivity contribution is 6.05. The standard InChI is InChI=1S/C22H27NO/c1-5-10-17-15-16-11-6-8-13-19(16)23(21(17)24)20-14-9-7-12-18(20)22(2,3)4/h6-9,11-14,17H,5,10,15H2,1-4H3/t17-/m0/s1. The zero-order valence-electron chi connectivity index (χ0n) is 15.2. The molecule has 126 valence electrons. The lowest BCUT2D eigenvalue weighted by Crippen LogP contribution is -2.39. The normalized spacial score (nSPS) is 17.8. The highest BCUT2D eigenvalue weighted by atomic mass is 16.2. The average Bonchev–Trinajstić information content (AvgIpc) is 2.55. The number of anilines is 2. The number of benzene rings is 2. The van der Waals surface area contributed by atoms with E-state index >= 15 is 0 Å². The summed E-state index contributed by atoms with van der Waals surface area (Å²) in [5.74, 6) is 0.324. The summed E-state index contributed by atoms with van der Waals surface area (Å²) < 4.78 is 0. The van der Waals surface area contributed by atoms with E-state index in [1.54, 1.807) is 0 Å². The van der Waals surface area contributed by atoms with Crippen LogP contribution in [0.5, 0.6) is 0 Å². The molecule has 1 aliphatic heterocycles. The molecule has 1 amide bonds. The van der Waals surface area contributed by atoms with E-state index in [2.05, 4.69) is 64.1 Å². The number of amides is 1. The fourth-order valence-electron chi connectivity index (χ4n) is 3.68. The van der Waals surface area contributed by atoms with E-state index in [9.17, 15) is 4.79 Å². The molecule has 0 unspecified atom stereocenters. The molecule has 1 aliphatic rings. The molecular formula is C22H27NO. The van der Waals surface area contributed by atoms with Crippen molar-refractivity contribution in [1.29, 1.82) is 0 Å². The van der Waals surface area contributed by atoms with Crippen molar-refractivity contribution in [2.24, 2.45) is 5.92 Å². The number of hydrogen-bond acceptors (Lipinski definition) is 1. The molecule has 2 aromatic rings. The van der Waals surface area contributed by atoms with Gasteiger partial charge in [-0.2, -0.15) is 0 Å². The molecule has 0 saturated carbocycles. The molecule has 1 heterocycles. The van der Waals surface area contributed by atoms with Crippen LogP contribution in [-0.4, -0.2) is 5.91 Å². The first-order valence-corrected chi connectivity index (χ1v) is 8.95. The number of nitrogens with zero attached hydrogens (tertiary/aromatic N) is 1. The quantitative estimate of drug-likeness (QED) is 0.718. The van der Waals surface area contributed by atoms with Gasteiger partial charge in [0, 0.05) is 5.92 Å². The van der Waals surface area contributed by atoms with Gasteiger partial charge in [0.05, 0.1) is 11.4 Å². The molecule has 0 aliphatic carbocycles. The molecule has 0 spiro atoms. The molecule has 0 N–H and O–H groups in total. The number of carbonyl (C=O) groups is 1. The molecule has 1 atom stereocenters. The van der Waals surface area contributed by atoms with Gasteiger partial charge in [-0.25, -0.2) is 0 Å². The summed E-state index contributed by atoms with van der Waals surface area (Å²) in [5, 5.41) is 0. The first-order valence-electron chi connectivity index (χ1n) is 8.95. The zero-order valence-corrected chi connectivity index (χ0v) is 15.2. The summed E-state index contributed by atoms with van der Waals surface area (Å²) in [4.78, 5) is 15.3. The molecule has 0 bridgehead atoms. The first kappa shape index (κ1) is 16.8. The van der Waals surface area contributed by atoms with Crippen LogP contribution >= 0.6 is 0 Å². The Morgan fingerprint density at radius 2 is 1.62 bits per heavy atom. The summed E-state index contributed by atoms with van der Waals surface area (Å²) in [6.45, 7) is 8.77. The first-order chi connectivity index (χ1) is 11.4. The van der Waals surface area contributed by atoms with Crippen molar-refractivity contribution >= 4 is 17.3 Å². The predicted molar refractivity (Wildman–Crippen MR) is 101 cm³/mol. The largest absolute Gasteiger partial charge is 0.280 e. The fraction of sp³-hybridized carbons (Fsp3) is 0.409. The van der Waals surface area contributed by atoms with Crippen molar-refractivity contribution in [2.45, 2.75) is 52.4 Å². The minimum absolute atomic E-state index is 0.0104. The Hall–Kier alpha value is -2.09. The number of para-hydroxylation sites is 2. The second kappa shape index (κ2) is 6.43. The maximum atomic E-state index is 13.3. The van der Waals surface area contributed by atoms with Gasteiger partial charge in [-0.1, -0.05) is 70.5 Å². The number of fused-ring (bicyclic) bond motifs is 1. The Bertz CT molecular complexity index is 742. The van der Waals surface area contributed by atoms with Gasteiger partial charge >= 0.3 is 0 Å². The summed E-state index contributed by atoms with van der Waals surface area (Å²) >= 11 is 0. The van der Waals surface area contributed by atoms with E-state index < -0.39 is 0 Å². The Balaban J connectivity index is 2.17. The van der Waals surface area contributed by atoms with Crippen LogP contribution in [0.3, 0.4) is 0 Å². The van der Waals surface area contributed by atoms with Crippen molar-refractivity contribution in [3.8, 4) is 0 Å². The molecule has 2 heteroatoms. The number of rotatable bonds is 3. The second-order valence-corrected chi connectivity index (χ2v) is 7.76. The molecule has 2 nitrogen and oxygen atoms in total. The van der Waals surface area contributed by atoms with E-state index in [1.165, 1.54) is 11.1 Å². The summed E-state index contributed by atoms with van der Waals surface area (Å²) in [6, 6.07) is 16.7. The van der Waals surface area contributed by atoms with Gasteiger partial charge < -0.3 is 0 Å². The van der Waals surface area contributed by atoms with Crippen LogP contribution in [0.4, 0.5) is 11.4 Å². The predicted octanol–water partition coefficient (Wildman–Crippen LogP) is 5.62. The van der Waals surface area contributed by atoms with Gasteiger partial charge in [-0.05, 0) is 41.5 Å². The lowest BCUT2D eigenvalue weighted by Gasteiger charge is -2.37. The van der Waals surface area contributed by atoms with Gasteiger partial charge in [-0.3, -0.25) is 9.69 Å². The van der Waals surface area contributed by atoms with E-state index in [-0.39, 0.29) is 17.2 Å². The van der Waals surface area contributed by atoms with Crippen LogP contribution in [0.25, 0.3) is 0 Å². The monoisotopic (exact) mass is 321 g/mol. The Labute approximate surface area is 145 Å². The SMILES string of the molecule is CCC[C@H]1Cc2ccccc2N(c2ccccc2C(C)(C)C)C1=O. The van der Waals surface area contributed by atoms with Crippen LogP contribution in [0.1, 0.15) is 51.7 Å². The molecule has 24 heavy (non-hydrogen) atoms. The Morgan fingerprint density at radius 3 is 2.29 bits per heavy atom. The molecule has 3 rings (SSSR count). The molecular weight excluding hydrogens is 294 g/mol. The Morgan fingerprint density at radius 1 is 1.00 bits per heavy atom. The maximum absolute atomic E-state index is 13.3. The van der Waals surface area contributed by atoms with Crippen molar-refractivity contribution in [2.75, 3.05) is 4.90 Å². The van der Waals surface area contributed by atoms with Crippen LogP contribution < -0.4 is 4.90 Å². The highest BCUT2D eigenvalue weighted by Gasteiger charge is 2.35. The molecule has 0 saturated heterocycles. The average molecular weight is 321 g/mol. The van der Waals surface area contributed by atoms with Gasteiger partial charge in [0.15, 0.2) is 0 Å². The molecule has 0 radical (unpaired) electrons. The number of hydrogen-bond donors (Lipinski definition) is 0. The third-order valence-corrected chi connectivity index (χ3v) is 4.86. The van der Waals surface area contributed by atoms with Gasteiger partial charge in [0.25, 0.3) is 0 Å². The zero-order chi connectivity index (χ0) is 17.3. The maximum Gasteiger partial charge on any atom is 0.235 e. The van der Waals surface area contributed by atoms with Crippen LogP contribution in [0.15, 0.2) is 48.5 Å². The van der Waals surface area contributed by atoms with Gasteiger partial charge in [0.2, 0.25) is 5.91 Å². The third kappa shape index (κ3) is 2.98. The van der Waals surface area contributed by atoms with Crippen LogP contribution in [-0.2, 0) is 16.6 Å². The lowest BCUT2D eigenvalue weighted by atomic mass is 9.83. The van der Waals surface area contributed by atoms with Crippen LogP contribution in [0.2, 0.25) is 0 Å². The topological polar surface area (TPSA) is 20.3 Å². The minimum atomic E-state index is -0.0104. The highest BCUT2D eigenvalue weighted by Crippen LogP contribution is 2.41. The second-order valence-electron chi connectivity index (χ2n) is 7.76. The van der Waals surface area contributed by atoms with Crippen molar-refractivity contribution in [1.82, 2.24) is 0 Å².